The molecule has 0 aromatic carbocycles. The highest BCUT2D eigenvalue weighted by atomic mass is 79.9. The molecule has 2 rings (SSSR count). The lowest BCUT2D eigenvalue weighted by Gasteiger charge is -1.90. The van der Waals surface area contributed by atoms with Crippen molar-refractivity contribution in [1.29, 1.82) is 0 Å². The average Bonchev–Trinajstić information content (AvgIpc) is 2.74. The number of thiophene rings is 1. The Morgan fingerprint density at radius 2 is 2.43 bits per heavy atom. The summed E-state index contributed by atoms with van der Waals surface area (Å²) >= 11 is 9.30. The summed E-state index contributed by atoms with van der Waals surface area (Å²) in [5, 5.41) is 2.06. The van der Waals surface area contributed by atoms with E-state index in [1.54, 1.807) is 11.3 Å². The van der Waals surface area contributed by atoms with Gasteiger partial charge in [-0.25, -0.2) is 4.98 Å². The van der Waals surface area contributed by atoms with E-state index < -0.39 is 0 Å². The van der Waals surface area contributed by atoms with Gasteiger partial charge in [-0.1, -0.05) is 0 Å². The number of aromatic nitrogens is 2. The van der Waals surface area contributed by atoms with E-state index in [9.17, 15) is 0 Å². The predicted octanol–water partition coefficient (Wildman–Crippen LogP) is 3.37. The Kier molecular flexibility index (Phi) is 3.30. The molecular formula is C9H9BrN2S2. The van der Waals surface area contributed by atoms with Crippen molar-refractivity contribution in [3.05, 3.63) is 27.9 Å². The summed E-state index contributed by atoms with van der Waals surface area (Å²) in [6, 6.07) is 2.09. The molecule has 0 aliphatic rings. The first-order valence-corrected chi connectivity index (χ1v) is 6.49. The Balaban J connectivity index is 2.24. The molecule has 0 bridgehead atoms. The van der Waals surface area contributed by atoms with Crippen LogP contribution in [0.3, 0.4) is 0 Å². The predicted molar refractivity (Wildman–Crippen MR) is 67.2 cm³/mol. The molecule has 2 aromatic rings. The molecule has 2 nitrogen and oxygen atoms in total. The number of rotatable bonds is 3. The van der Waals surface area contributed by atoms with Gasteiger partial charge in [-0.2, -0.15) is 12.6 Å². The largest absolute Gasteiger partial charge is 0.341 e. The van der Waals surface area contributed by atoms with Crippen molar-refractivity contribution in [2.75, 3.05) is 5.75 Å². The zero-order valence-corrected chi connectivity index (χ0v) is 10.6. The molecule has 14 heavy (non-hydrogen) atoms. The maximum Gasteiger partial charge on any atom is 0.107 e. The minimum atomic E-state index is 0.821. The van der Waals surface area contributed by atoms with E-state index in [1.807, 2.05) is 6.20 Å². The topological polar surface area (TPSA) is 28.7 Å². The van der Waals surface area contributed by atoms with E-state index in [0.717, 1.165) is 28.2 Å². The number of hydrogen-bond acceptors (Lipinski definition) is 3. The van der Waals surface area contributed by atoms with Crippen LogP contribution in [0.5, 0.6) is 0 Å². The summed E-state index contributed by atoms with van der Waals surface area (Å²) in [6.45, 7) is 0. The minimum absolute atomic E-state index is 0.821. The van der Waals surface area contributed by atoms with E-state index in [0.29, 0.717) is 0 Å². The maximum absolute atomic E-state index is 4.28. The number of hydrogen-bond donors (Lipinski definition) is 2. The molecule has 1 N–H and O–H groups in total. The van der Waals surface area contributed by atoms with Crippen LogP contribution in [0, 0.1) is 0 Å². The highest BCUT2D eigenvalue weighted by Crippen LogP contribution is 2.28. The van der Waals surface area contributed by atoms with Crippen LogP contribution in [0.2, 0.25) is 0 Å². The van der Waals surface area contributed by atoms with Gasteiger partial charge < -0.3 is 4.98 Å². The van der Waals surface area contributed by atoms with Crippen molar-refractivity contribution >= 4 is 39.9 Å². The van der Waals surface area contributed by atoms with Gasteiger partial charge in [0.1, 0.15) is 5.82 Å². The first-order valence-electron chi connectivity index (χ1n) is 4.19. The van der Waals surface area contributed by atoms with Crippen molar-refractivity contribution in [2.45, 2.75) is 6.42 Å². The lowest BCUT2D eigenvalue weighted by atomic mass is 10.4. The molecule has 0 saturated heterocycles. The molecule has 0 spiro atoms. The zero-order chi connectivity index (χ0) is 9.97. The fraction of sp³-hybridized carbons (Fsp3) is 0.222. The summed E-state index contributed by atoms with van der Waals surface area (Å²) in [5.74, 6) is 1.82. The molecule has 0 unspecified atom stereocenters. The highest BCUT2D eigenvalue weighted by Gasteiger charge is 2.04. The third-order valence-corrected chi connectivity index (χ3v) is 3.76. The highest BCUT2D eigenvalue weighted by molar-refractivity contribution is 9.10. The minimum Gasteiger partial charge on any atom is -0.341 e. The van der Waals surface area contributed by atoms with E-state index in [1.165, 1.54) is 4.88 Å². The second kappa shape index (κ2) is 4.51. The van der Waals surface area contributed by atoms with Crippen LogP contribution in [-0.4, -0.2) is 15.7 Å². The third-order valence-electron chi connectivity index (χ3n) is 1.81. The maximum atomic E-state index is 4.28. The van der Waals surface area contributed by atoms with Gasteiger partial charge in [0.15, 0.2) is 0 Å². The summed E-state index contributed by atoms with van der Waals surface area (Å²) < 4.78 is 1.11. The normalized spacial score (nSPS) is 10.7. The summed E-state index contributed by atoms with van der Waals surface area (Å²) in [4.78, 5) is 8.76. The van der Waals surface area contributed by atoms with Crippen LogP contribution in [0.25, 0.3) is 10.6 Å². The van der Waals surface area contributed by atoms with Crippen molar-refractivity contribution in [3.8, 4) is 10.6 Å². The molecular weight excluding hydrogens is 280 g/mol. The SMILES string of the molecule is SCCc1ncc(-c2cc(Br)cs2)[nH]1. The van der Waals surface area contributed by atoms with E-state index in [4.69, 9.17) is 0 Å². The lowest BCUT2D eigenvalue weighted by Crippen LogP contribution is -1.87. The molecule has 0 atom stereocenters. The fourth-order valence-electron chi connectivity index (χ4n) is 1.17. The molecule has 5 heteroatoms. The van der Waals surface area contributed by atoms with Crippen molar-refractivity contribution in [3.63, 3.8) is 0 Å². The van der Waals surface area contributed by atoms with Crippen LogP contribution in [0.4, 0.5) is 0 Å². The van der Waals surface area contributed by atoms with E-state index in [-0.39, 0.29) is 0 Å². The second-order valence-electron chi connectivity index (χ2n) is 2.85. The number of nitrogens with zero attached hydrogens (tertiary/aromatic N) is 1. The van der Waals surface area contributed by atoms with Gasteiger partial charge in [0.05, 0.1) is 16.8 Å². The summed E-state index contributed by atoms with van der Waals surface area (Å²) in [6.07, 6.45) is 2.76. The summed E-state index contributed by atoms with van der Waals surface area (Å²) in [5.41, 5.74) is 1.08. The van der Waals surface area contributed by atoms with Gasteiger partial charge in [-0.05, 0) is 27.7 Å². The molecule has 2 aromatic heterocycles. The summed E-state index contributed by atoms with van der Waals surface area (Å²) in [7, 11) is 0. The standard InChI is InChI=1S/C9H9BrN2S2/c10-6-3-8(14-5-6)7-4-11-9(12-7)1-2-13/h3-5,13H,1-2H2,(H,11,12). The Morgan fingerprint density at radius 3 is 3.07 bits per heavy atom. The van der Waals surface area contributed by atoms with Gasteiger partial charge >= 0.3 is 0 Å². The van der Waals surface area contributed by atoms with Gasteiger partial charge in [-0.15, -0.1) is 11.3 Å². The van der Waals surface area contributed by atoms with Gasteiger partial charge in [-0.3, -0.25) is 0 Å². The second-order valence-corrected chi connectivity index (χ2v) is 5.12. The van der Waals surface area contributed by atoms with Crippen molar-refractivity contribution in [2.24, 2.45) is 0 Å². The van der Waals surface area contributed by atoms with E-state index >= 15 is 0 Å². The number of aryl methyl sites for hydroxylation is 1. The molecule has 0 saturated carbocycles. The average molecular weight is 289 g/mol. The smallest absolute Gasteiger partial charge is 0.107 e. The monoisotopic (exact) mass is 288 g/mol. The quantitative estimate of drug-likeness (QED) is 0.833. The number of nitrogens with one attached hydrogen (secondary N) is 1. The zero-order valence-electron chi connectivity index (χ0n) is 7.33. The molecule has 0 fully saturated rings. The van der Waals surface area contributed by atoms with Crippen LogP contribution in [-0.2, 0) is 6.42 Å². The van der Waals surface area contributed by atoms with Crippen LogP contribution in [0.1, 0.15) is 5.82 Å². The number of H-pyrrole nitrogens is 1. The van der Waals surface area contributed by atoms with Gasteiger partial charge in [0.2, 0.25) is 0 Å². The fourth-order valence-corrected chi connectivity index (χ4v) is 2.78. The molecule has 2 heterocycles. The Bertz CT molecular complexity index is 422. The molecule has 0 radical (unpaired) electrons. The number of aromatic amines is 1. The third kappa shape index (κ3) is 2.21. The molecule has 74 valence electrons. The Hall–Kier alpha value is -0.260. The van der Waals surface area contributed by atoms with Crippen LogP contribution in [0.15, 0.2) is 22.1 Å². The first-order chi connectivity index (χ1) is 6.79. The molecule has 0 aliphatic carbocycles. The van der Waals surface area contributed by atoms with E-state index in [2.05, 4.69) is 50.0 Å². The molecule has 0 amide bonds. The lowest BCUT2D eigenvalue weighted by molar-refractivity contribution is 1.00. The number of halogens is 1. The van der Waals surface area contributed by atoms with Gasteiger partial charge in [0, 0.05) is 16.3 Å². The van der Waals surface area contributed by atoms with Gasteiger partial charge in [0.25, 0.3) is 0 Å². The van der Waals surface area contributed by atoms with Crippen molar-refractivity contribution in [1.82, 2.24) is 9.97 Å². The first kappa shape index (κ1) is 10.3. The van der Waals surface area contributed by atoms with Crippen LogP contribution < -0.4 is 0 Å². The van der Waals surface area contributed by atoms with Crippen molar-refractivity contribution < 1.29 is 0 Å². The Labute approximate surface area is 100 Å². The number of thiol groups is 1. The van der Waals surface area contributed by atoms with Crippen LogP contribution >= 0.6 is 39.9 Å². The Morgan fingerprint density at radius 1 is 1.57 bits per heavy atom. The number of imidazole rings is 1. The molecule has 0 aliphatic heterocycles.